The molecule has 0 unspecified atom stereocenters. The van der Waals surface area contributed by atoms with E-state index in [0.29, 0.717) is 0 Å². The summed E-state index contributed by atoms with van der Waals surface area (Å²) in [5.74, 6) is 0.923. The molecule has 2 rings (SSSR count). The van der Waals surface area contributed by atoms with E-state index in [1.54, 1.807) is 7.11 Å². The Hall–Kier alpha value is -2.03. The van der Waals surface area contributed by atoms with Crippen molar-refractivity contribution in [1.29, 1.82) is 0 Å². The normalized spacial score (nSPS) is 12.2. The molecule has 0 saturated heterocycles. The molecule has 0 N–H and O–H groups in total. The minimum absolute atomic E-state index is 0.114. The number of carbonyl (C=O) groups is 1. The largest absolute Gasteiger partial charge is 0.497 e. The van der Waals surface area contributed by atoms with Gasteiger partial charge < -0.3 is 9.64 Å². The molecular formula is C18H23NO2. The van der Waals surface area contributed by atoms with Gasteiger partial charge in [-0.1, -0.05) is 24.3 Å². The van der Waals surface area contributed by atoms with Crippen LogP contribution in [-0.4, -0.2) is 31.0 Å². The highest BCUT2D eigenvalue weighted by Gasteiger charge is 2.19. The van der Waals surface area contributed by atoms with Gasteiger partial charge in [-0.3, -0.25) is 4.79 Å². The van der Waals surface area contributed by atoms with E-state index in [4.69, 9.17) is 4.74 Å². The van der Waals surface area contributed by atoms with Crippen LogP contribution in [0.25, 0.3) is 10.8 Å². The fourth-order valence-electron chi connectivity index (χ4n) is 2.59. The fraction of sp³-hybridized carbons (Fsp3) is 0.389. The maximum Gasteiger partial charge on any atom is 0.229 e. The molecule has 1 amide bonds. The van der Waals surface area contributed by atoms with Crippen molar-refractivity contribution in [3.63, 3.8) is 0 Å². The summed E-state index contributed by atoms with van der Waals surface area (Å²) in [7, 11) is 1.67. The number of ether oxygens (including phenoxy) is 1. The Bertz CT molecular complexity index is 632. The highest BCUT2D eigenvalue weighted by Crippen LogP contribution is 2.26. The molecule has 0 fully saturated rings. The van der Waals surface area contributed by atoms with E-state index < -0.39 is 0 Å². The van der Waals surface area contributed by atoms with Crippen molar-refractivity contribution < 1.29 is 9.53 Å². The average Bonchev–Trinajstić information content (AvgIpc) is 2.54. The van der Waals surface area contributed by atoms with Crippen LogP contribution in [0.3, 0.4) is 0 Å². The molecule has 0 radical (unpaired) electrons. The number of likely N-dealkylation sites (N-methyl/N-ethyl adjacent to an activating group) is 1. The zero-order valence-electron chi connectivity index (χ0n) is 13.2. The zero-order valence-corrected chi connectivity index (χ0v) is 13.2. The first-order valence-electron chi connectivity index (χ1n) is 7.47. The number of methoxy groups -OCH3 is 1. The molecule has 3 nitrogen and oxygen atoms in total. The summed E-state index contributed by atoms with van der Waals surface area (Å²) in [6.45, 7) is 7.52. The predicted molar refractivity (Wildman–Crippen MR) is 86.8 cm³/mol. The number of amides is 1. The number of rotatable bonds is 5. The lowest BCUT2D eigenvalue weighted by Gasteiger charge is -2.23. The summed E-state index contributed by atoms with van der Waals surface area (Å²) < 4.78 is 5.24. The Morgan fingerprint density at radius 1 is 1.10 bits per heavy atom. The van der Waals surface area contributed by atoms with Gasteiger partial charge in [0.25, 0.3) is 0 Å². The van der Waals surface area contributed by atoms with E-state index in [1.165, 1.54) is 0 Å². The molecule has 112 valence electrons. The number of nitrogens with zero attached hydrogens (tertiary/aromatic N) is 1. The van der Waals surface area contributed by atoms with Gasteiger partial charge in [-0.05, 0) is 49.2 Å². The molecule has 1 atom stereocenters. The molecule has 0 aromatic heterocycles. The summed E-state index contributed by atoms with van der Waals surface area (Å²) in [5.41, 5.74) is 1.06. The summed E-state index contributed by atoms with van der Waals surface area (Å²) >= 11 is 0. The maximum absolute atomic E-state index is 12.4. The molecule has 0 heterocycles. The van der Waals surface area contributed by atoms with Crippen LogP contribution in [0.1, 0.15) is 32.3 Å². The van der Waals surface area contributed by atoms with E-state index >= 15 is 0 Å². The first-order valence-corrected chi connectivity index (χ1v) is 7.47. The third-order valence-electron chi connectivity index (χ3n) is 4.02. The second-order valence-corrected chi connectivity index (χ2v) is 5.20. The number of fused-ring (bicyclic) bond motifs is 1. The van der Waals surface area contributed by atoms with Crippen LogP contribution in [-0.2, 0) is 4.79 Å². The molecule has 2 aromatic rings. The first-order chi connectivity index (χ1) is 10.1. The van der Waals surface area contributed by atoms with Gasteiger partial charge in [-0.15, -0.1) is 0 Å². The molecular weight excluding hydrogens is 262 g/mol. The van der Waals surface area contributed by atoms with Crippen molar-refractivity contribution in [2.75, 3.05) is 20.2 Å². The number of benzene rings is 2. The van der Waals surface area contributed by atoms with Gasteiger partial charge in [-0.2, -0.15) is 0 Å². The van der Waals surface area contributed by atoms with Gasteiger partial charge in [0, 0.05) is 13.1 Å². The maximum atomic E-state index is 12.4. The minimum atomic E-state index is -0.114. The molecule has 0 bridgehead atoms. The van der Waals surface area contributed by atoms with Crippen molar-refractivity contribution in [3.05, 3.63) is 42.0 Å². The standard InChI is InChI=1S/C18H23NO2/c1-5-19(6-2)18(20)13(3)14-7-8-16-12-17(21-4)10-9-15(16)11-14/h7-13H,5-6H2,1-4H3/t13-/m0/s1. The smallest absolute Gasteiger partial charge is 0.229 e. The van der Waals surface area contributed by atoms with Crippen LogP contribution in [0.2, 0.25) is 0 Å². The van der Waals surface area contributed by atoms with Gasteiger partial charge in [0.2, 0.25) is 5.91 Å². The Morgan fingerprint density at radius 2 is 1.71 bits per heavy atom. The van der Waals surface area contributed by atoms with Crippen molar-refractivity contribution in [2.24, 2.45) is 0 Å². The molecule has 0 aliphatic carbocycles. The number of hydrogen-bond acceptors (Lipinski definition) is 2. The van der Waals surface area contributed by atoms with Crippen LogP contribution in [0.4, 0.5) is 0 Å². The molecule has 0 aliphatic rings. The van der Waals surface area contributed by atoms with E-state index in [2.05, 4.69) is 12.1 Å². The number of hydrogen-bond donors (Lipinski definition) is 0. The second-order valence-electron chi connectivity index (χ2n) is 5.20. The Morgan fingerprint density at radius 3 is 2.33 bits per heavy atom. The van der Waals surface area contributed by atoms with Crippen LogP contribution >= 0.6 is 0 Å². The molecule has 21 heavy (non-hydrogen) atoms. The average molecular weight is 285 g/mol. The molecule has 2 aromatic carbocycles. The SMILES string of the molecule is CCN(CC)C(=O)[C@@H](C)c1ccc2cc(OC)ccc2c1. The van der Waals surface area contributed by atoms with Gasteiger partial charge in [0.1, 0.15) is 5.75 Å². The van der Waals surface area contributed by atoms with Crippen LogP contribution < -0.4 is 4.74 Å². The van der Waals surface area contributed by atoms with Crippen LogP contribution in [0, 0.1) is 0 Å². The van der Waals surface area contributed by atoms with Gasteiger partial charge in [0.05, 0.1) is 13.0 Å². The lowest BCUT2D eigenvalue weighted by molar-refractivity contribution is -0.132. The summed E-state index contributed by atoms with van der Waals surface area (Å²) in [6, 6.07) is 12.2. The molecule has 0 saturated carbocycles. The highest BCUT2D eigenvalue weighted by molar-refractivity contribution is 5.88. The van der Waals surface area contributed by atoms with Crippen molar-refractivity contribution in [3.8, 4) is 5.75 Å². The van der Waals surface area contributed by atoms with Crippen molar-refractivity contribution in [2.45, 2.75) is 26.7 Å². The Labute approximate surface area is 126 Å². The lowest BCUT2D eigenvalue weighted by Crippen LogP contribution is -2.33. The third kappa shape index (κ3) is 3.18. The zero-order chi connectivity index (χ0) is 15.4. The van der Waals surface area contributed by atoms with Gasteiger partial charge >= 0.3 is 0 Å². The summed E-state index contributed by atoms with van der Waals surface area (Å²) in [5, 5.41) is 2.26. The van der Waals surface area contributed by atoms with Crippen molar-refractivity contribution >= 4 is 16.7 Å². The highest BCUT2D eigenvalue weighted by atomic mass is 16.5. The lowest BCUT2D eigenvalue weighted by atomic mass is 9.96. The minimum Gasteiger partial charge on any atom is -0.497 e. The van der Waals surface area contributed by atoms with E-state index in [1.807, 2.05) is 49.9 Å². The summed E-state index contributed by atoms with van der Waals surface area (Å²) in [4.78, 5) is 14.3. The Kier molecular flexibility index (Phi) is 4.84. The Balaban J connectivity index is 2.32. The van der Waals surface area contributed by atoms with Gasteiger partial charge in [-0.25, -0.2) is 0 Å². The third-order valence-corrected chi connectivity index (χ3v) is 4.02. The van der Waals surface area contributed by atoms with E-state index in [0.717, 1.165) is 35.2 Å². The van der Waals surface area contributed by atoms with Crippen LogP contribution in [0.15, 0.2) is 36.4 Å². The van der Waals surface area contributed by atoms with Gasteiger partial charge in [0.15, 0.2) is 0 Å². The predicted octanol–water partition coefficient (Wildman–Crippen LogP) is 3.82. The topological polar surface area (TPSA) is 29.5 Å². The number of carbonyl (C=O) groups excluding carboxylic acids is 1. The van der Waals surface area contributed by atoms with E-state index in [9.17, 15) is 4.79 Å². The quantitative estimate of drug-likeness (QED) is 0.835. The van der Waals surface area contributed by atoms with Crippen LogP contribution in [0.5, 0.6) is 5.75 Å². The monoisotopic (exact) mass is 285 g/mol. The first kappa shape index (κ1) is 15.4. The molecule has 0 aliphatic heterocycles. The summed E-state index contributed by atoms with van der Waals surface area (Å²) in [6.07, 6.45) is 0. The van der Waals surface area contributed by atoms with Crippen molar-refractivity contribution in [1.82, 2.24) is 4.90 Å². The van der Waals surface area contributed by atoms with E-state index in [-0.39, 0.29) is 11.8 Å². The molecule has 3 heteroatoms. The molecule has 0 spiro atoms. The fourth-order valence-corrected chi connectivity index (χ4v) is 2.59. The second kappa shape index (κ2) is 6.61.